The Bertz CT molecular complexity index is 1090. The van der Waals surface area contributed by atoms with Gasteiger partial charge in [-0.1, -0.05) is 12.1 Å². The van der Waals surface area contributed by atoms with Gasteiger partial charge in [-0.3, -0.25) is 0 Å². The summed E-state index contributed by atoms with van der Waals surface area (Å²) in [5, 5.41) is 17.5. The van der Waals surface area contributed by atoms with Crippen molar-refractivity contribution in [2.45, 2.75) is 19.6 Å². The Labute approximate surface area is 169 Å². The molecule has 4 N–H and O–H groups in total. The van der Waals surface area contributed by atoms with Crippen LogP contribution >= 0.6 is 0 Å². The van der Waals surface area contributed by atoms with Crippen molar-refractivity contribution in [3.05, 3.63) is 48.5 Å². The number of hydrogen-bond donors (Lipinski definition) is 4. The van der Waals surface area contributed by atoms with Crippen molar-refractivity contribution in [2.75, 3.05) is 26.3 Å². The Morgan fingerprint density at radius 3 is 1.31 bits per heavy atom. The molecule has 0 amide bonds. The van der Waals surface area contributed by atoms with Crippen LogP contribution in [0.5, 0.6) is 0 Å². The van der Waals surface area contributed by atoms with Gasteiger partial charge in [0.1, 0.15) is 0 Å². The SMILES string of the molecule is O=S(=O)(NCCO)c1cccc(S(=O)(=O)c2cccc(S(=O)(=O)NCCO)c2)c1. The molecule has 0 saturated heterocycles. The van der Waals surface area contributed by atoms with E-state index in [1.54, 1.807) is 0 Å². The van der Waals surface area contributed by atoms with E-state index >= 15 is 0 Å². The fourth-order valence-corrected chi connectivity index (χ4v) is 5.91. The van der Waals surface area contributed by atoms with E-state index in [4.69, 9.17) is 10.2 Å². The van der Waals surface area contributed by atoms with E-state index in [2.05, 4.69) is 9.44 Å². The van der Waals surface area contributed by atoms with E-state index in [1.165, 1.54) is 36.4 Å². The van der Waals surface area contributed by atoms with Gasteiger partial charge in [-0.2, -0.15) is 0 Å². The molecule has 0 fully saturated rings. The first-order valence-electron chi connectivity index (χ1n) is 8.21. The Hall–Kier alpha value is -1.87. The van der Waals surface area contributed by atoms with E-state index in [-0.39, 0.29) is 32.7 Å². The number of nitrogens with one attached hydrogen (secondary N) is 2. The largest absolute Gasteiger partial charge is 0.395 e. The monoisotopic (exact) mass is 464 g/mol. The van der Waals surface area contributed by atoms with Crippen LogP contribution in [0, 0.1) is 0 Å². The molecular weight excluding hydrogens is 444 g/mol. The maximum absolute atomic E-state index is 12.9. The maximum atomic E-state index is 12.9. The molecule has 160 valence electrons. The molecule has 29 heavy (non-hydrogen) atoms. The summed E-state index contributed by atoms with van der Waals surface area (Å²) in [5.74, 6) is 0. The molecule has 0 aliphatic rings. The van der Waals surface area contributed by atoms with Gasteiger partial charge in [-0.05, 0) is 36.4 Å². The van der Waals surface area contributed by atoms with Crippen molar-refractivity contribution >= 4 is 29.9 Å². The first-order valence-corrected chi connectivity index (χ1v) is 12.7. The number of sulfone groups is 1. The minimum atomic E-state index is -4.23. The Morgan fingerprint density at radius 2 is 0.966 bits per heavy atom. The molecule has 0 aliphatic heterocycles. The smallest absolute Gasteiger partial charge is 0.240 e. The normalized spacial score (nSPS) is 12.8. The fraction of sp³-hybridized carbons (Fsp3) is 0.250. The van der Waals surface area contributed by atoms with E-state index in [0.717, 1.165) is 12.1 Å². The molecule has 0 unspecified atom stereocenters. The lowest BCUT2D eigenvalue weighted by Crippen LogP contribution is -2.27. The third-order valence-electron chi connectivity index (χ3n) is 3.66. The minimum Gasteiger partial charge on any atom is -0.395 e. The highest BCUT2D eigenvalue weighted by atomic mass is 32.2. The van der Waals surface area contributed by atoms with E-state index in [0.29, 0.717) is 0 Å². The molecule has 0 atom stereocenters. The molecule has 0 bridgehead atoms. The average molecular weight is 465 g/mol. The van der Waals surface area contributed by atoms with Crippen LogP contribution in [0.15, 0.2) is 68.1 Å². The lowest BCUT2D eigenvalue weighted by molar-refractivity contribution is 0.300. The number of hydrogen-bond acceptors (Lipinski definition) is 8. The molecule has 0 aromatic heterocycles. The number of rotatable bonds is 10. The molecule has 0 aliphatic carbocycles. The van der Waals surface area contributed by atoms with Gasteiger partial charge in [0, 0.05) is 13.1 Å². The van der Waals surface area contributed by atoms with Crippen LogP contribution in [0.2, 0.25) is 0 Å². The fourth-order valence-electron chi connectivity index (χ4n) is 2.28. The van der Waals surface area contributed by atoms with Gasteiger partial charge in [0.2, 0.25) is 29.9 Å². The second kappa shape index (κ2) is 9.30. The molecule has 2 rings (SSSR count). The highest BCUT2D eigenvalue weighted by molar-refractivity contribution is 7.92. The van der Waals surface area contributed by atoms with Crippen molar-refractivity contribution in [3.63, 3.8) is 0 Å². The second-order valence-electron chi connectivity index (χ2n) is 5.70. The number of aliphatic hydroxyl groups excluding tert-OH is 2. The van der Waals surface area contributed by atoms with Crippen molar-refractivity contribution in [2.24, 2.45) is 0 Å². The zero-order chi connectivity index (χ0) is 21.7. The molecule has 0 heterocycles. The van der Waals surface area contributed by atoms with Crippen molar-refractivity contribution in [1.29, 1.82) is 0 Å². The molecule has 0 spiro atoms. The Balaban J connectivity index is 2.47. The van der Waals surface area contributed by atoms with E-state index < -0.39 is 43.1 Å². The predicted molar refractivity (Wildman–Crippen MR) is 103 cm³/mol. The van der Waals surface area contributed by atoms with Gasteiger partial charge in [0.05, 0.1) is 32.8 Å². The van der Waals surface area contributed by atoms with Crippen LogP contribution in [0.4, 0.5) is 0 Å². The molecule has 2 aromatic carbocycles. The summed E-state index contributed by atoms with van der Waals surface area (Å²) in [7, 11) is -12.3. The highest BCUT2D eigenvalue weighted by Gasteiger charge is 2.23. The summed E-state index contributed by atoms with van der Waals surface area (Å²) >= 11 is 0. The summed E-state index contributed by atoms with van der Waals surface area (Å²) in [6.45, 7) is -1.33. The zero-order valence-electron chi connectivity index (χ0n) is 15.0. The third kappa shape index (κ3) is 5.60. The third-order valence-corrected chi connectivity index (χ3v) is 8.33. The molecule has 0 radical (unpaired) electrons. The Morgan fingerprint density at radius 1 is 0.621 bits per heavy atom. The first kappa shape index (κ1) is 23.4. The standard InChI is InChI=1S/C16H20N2O8S3/c19-9-7-17-28(23,24)15-5-1-3-13(11-15)27(21,22)14-4-2-6-16(12-14)29(25,26)18-8-10-20/h1-6,11-12,17-20H,7-10H2. The van der Waals surface area contributed by atoms with Crippen molar-refractivity contribution < 1.29 is 35.5 Å². The zero-order valence-corrected chi connectivity index (χ0v) is 17.5. The predicted octanol–water partition coefficient (Wildman–Crippen LogP) is -0.939. The maximum Gasteiger partial charge on any atom is 0.240 e. The topological polar surface area (TPSA) is 167 Å². The van der Waals surface area contributed by atoms with Crippen LogP contribution in [0.1, 0.15) is 0 Å². The van der Waals surface area contributed by atoms with Gasteiger partial charge < -0.3 is 10.2 Å². The highest BCUT2D eigenvalue weighted by Crippen LogP contribution is 2.25. The number of sulfonamides is 2. The molecule has 0 saturated carbocycles. The second-order valence-corrected chi connectivity index (χ2v) is 11.2. The van der Waals surface area contributed by atoms with Crippen LogP contribution in [0.25, 0.3) is 0 Å². The van der Waals surface area contributed by atoms with Gasteiger partial charge in [-0.25, -0.2) is 34.7 Å². The molecular formula is C16H20N2O8S3. The lowest BCUT2D eigenvalue weighted by atomic mass is 10.4. The van der Waals surface area contributed by atoms with E-state index in [9.17, 15) is 25.3 Å². The van der Waals surface area contributed by atoms with Crippen LogP contribution < -0.4 is 9.44 Å². The minimum absolute atomic E-state index is 0.236. The summed E-state index contributed by atoms with van der Waals surface area (Å²) < 4.78 is 78.7. The van der Waals surface area contributed by atoms with E-state index in [1.807, 2.05) is 0 Å². The van der Waals surface area contributed by atoms with Crippen LogP contribution in [-0.4, -0.2) is 61.8 Å². The lowest BCUT2D eigenvalue weighted by Gasteiger charge is -2.10. The van der Waals surface area contributed by atoms with Crippen molar-refractivity contribution in [1.82, 2.24) is 9.44 Å². The Kier molecular flexibility index (Phi) is 7.50. The molecule has 10 nitrogen and oxygen atoms in total. The van der Waals surface area contributed by atoms with Gasteiger partial charge in [0.25, 0.3) is 0 Å². The van der Waals surface area contributed by atoms with Crippen LogP contribution in [0.3, 0.4) is 0 Å². The first-order chi connectivity index (χ1) is 13.5. The summed E-state index contributed by atoms with van der Waals surface area (Å²) in [6, 6.07) is 9.13. The number of aliphatic hydroxyl groups is 2. The average Bonchev–Trinajstić information content (AvgIpc) is 2.71. The molecule has 13 heteroatoms. The number of benzene rings is 2. The van der Waals surface area contributed by atoms with Crippen molar-refractivity contribution in [3.8, 4) is 0 Å². The quantitative estimate of drug-likeness (QED) is 0.349. The van der Waals surface area contributed by atoms with Gasteiger partial charge in [0.15, 0.2) is 0 Å². The van der Waals surface area contributed by atoms with Gasteiger partial charge in [-0.15, -0.1) is 0 Å². The summed E-state index contributed by atoms with van der Waals surface area (Å²) in [5.41, 5.74) is 0. The summed E-state index contributed by atoms with van der Waals surface area (Å²) in [6.07, 6.45) is 0. The van der Waals surface area contributed by atoms with Crippen LogP contribution in [-0.2, 0) is 29.9 Å². The summed E-state index contributed by atoms with van der Waals surface area (Å²) in [4.78, 5) is -1.33. The van der Waals surface area contributed by atoms with Gasteiger partial charge >= 0.3 is 0 Å². The molecule has 2 aromatic rings.